The van der Waals surface area contributed by atoms with Crippen LogP contribution in [0.15, 0.2) is 78.1 Å². The minimum Gasteiger partial charge on any atom is -0.493 e. The van der Waals surface area contributed by atoms with Crippen molar-refractivity contribution in [2.24, 2.45) is 0 Å². The molecule has 0 fully saturated rings. The number of methoxy groups -OCH3 is 1. The van der Waals surface area contributed by atoms with Gasteiger partial charge in [0.2, 0.25) is 5.95 Å². The molecule has 1 atom stereocenters. The van der Waals surface area contributed by atoms with Crippen molar-refractivity contribution < 1.29 is 14.3 Å². The minimum atomic E-state index is -0.599. The van der Waals surface area contributed by atoms with Crippen LogP contribution >= 0.6 is 11.6 Å². The molecule has 2 N–H and O–H groups in total. The van der Waals surface area contributed by atoms with E-state index in [0.717, 1.165) is 11.1 Å². The fourth-order valence-corrected chi connectivity index (χ4v) is 4.35. The van der Waals surface area contributed by atoms with Gasteiger partial charge in [-0.25, -0.2) is 9.67 Å². The number of rotatable bonds is 7. The number of benzene rings is 2. The van der Waals surface area contributed by atoms with E-state index in [9.17, 15) is 4.79 Å². The number of amides is 1. The molecule has 4 aromatic rings. The highest BCUT2D eigenvalue weighted by atomic mass is 35.5. The van der Waals surface area contributed by atoms with Gasteiger partial charge in [0, 0.05) is 22.5 Å². The summed E-state index contributed by atoms with van der Waals surface area (Å²) < 4.78 is 13.0. The molecule has 0 spiro atoms. The normalized spacial score (nSPS) is 14.5. The molecule has 1 aliphatic heterocycles. The number of carbonyl (C=O) groups is 1. The van der Waals surface area contributed by atoms with E-state index in [1.54, 1.807) is 42.3 Å². The third kappa shape index (κ3) is 4.85. The summed E-state index contributed by atoms with van der Waals surface area (Å²) in [4.78, 5) is 22.6. The average molecular weight is 517 g/mol. The zero-order valence-electron chi connectivity index (χ0n) is 20.5. The monoisotopic (exact) mass is 516 g/mol. The van der Waals surface area contributed by atoms with Gasteiger partial charge in [-0.15, -0.1) is 5.10 Å². The molecule has 37 heavy (non-hydrogen) atoms. The third-order valence-electron chi connectivity index (χ3n) is 5.91. The summed E-state index contributed by atoms with van der Waals surface area (Å²) >= 11 is 6.07. The third-order valence-corrected chi connectivity index (χ3v) is 6.16. The molecule has 0 saturated heterocycles. The fourth-order valence-electron chi connectivity index (χ4n) is 4.22. The number of aromatic nitrogens is 4. The Labute approximate surface area is 219 Å². The van der Waals surface area contributed by atoms with Gasteiger partial charge in [0.1, 0.15) is 11.9 Å². The second-order valence-corrected chi connectivity index (χ2v) is 8.73. The van der Waals surface area contributed by atoms with E-state index in [-0.39, 0.29) is 5.91 Å². The smallest absolute Gasteiger partial charge is 0.257 e. The van der Waals surface area contributed by atoms with Crippen LogP contribution in [0.2, 0.25) is 5.02 Å². The number of nitrogens with zero attached hydrogens (tertiary/aromatic N) is 4. The molecule has 10 heteroatoms. The maximum absolute atomic E-state index is 13.6. The molecule has 5 rings (SSSR count). The van der Waals surface area contributed by atoms with E-state index >= 15 is 0 Å². The van der Waals surface area contributed by atoms with Crippen LogP contribution in [0.25, 0.3) is 11.4 Å². The lowest BCUT2D eigenvalue weighted by Gasteiger charge is -2.29. The Morgan fingerprint density at radius 2 is 1.95 bits per heavy atom. The Hall–Kier alpha value is -4.37. The van der Waals surface area contributed by atoms with Crippen molar-refractivity contribution in [2.45, 2.75) is 19.9 Å². The second kappa shape index (κ2) is 10.3. The number of hydrogen-bond acceptors (Lipinski definition) is 7. The Morgan fingerprint density at radius 1 is 1.14 bits per heavy atom. The SMILES string of the molecule is CCOc1ccc(C2C(C(=O)Nc3ccccn3)=C(C)Nc3nc(-c4ccc(Cl)cc4)nn32)cc1OC. The average Bonchev–Trinajstić information content (AvgIpc) is 3.32. The van der Waals surface area contributed by atoms with E-state index in [0.29, 0.717) is 52.0 Å². The zero-order chi connectivity index (χ0) is 25.9. The molecule has 188 valence electrons. The van der Waals surface area contributed by atoms with Crippen LogP contribution < -0.4 is 20.1 Å². The molecule has 2 aromatic heterocycles. The van der Waals surface area contributed by atoms with Crippen LogP contribution in [0.5, 0.6) is 11.5 Å². The maximum atomic E-state index is 13.6. The van der Waals surface area contributed by atoms with E-state index in [1.165, 1.54) is 0 Å². The van der Waals surface area contributed by atoms with Crippen molar-refractivity contribution >= 4 is 29.3 Å². The summed E-state index contributed by atoms with van der Waals surface area (Å²) in [7, 11) is 1.58. The van der Waals surface area contributed by atoms with Crippen molar-refractivity contribution in [1.29, 1.82) is 0 Å². The van der Waals surface area contributed by atoms with Crippen molar-refractivity contribution in [1.82, 2.24) is 19.7 Å². The predicted octanol–water partition coefficient (Wildman–Crippen LogP) is 5.33. The molecule has 3 heterocycles. The van der Waals surface area contributed by atoms with Crippen molar-refractivity contribution in [2.75, 3.05) is 24.4 Å². The molecule has 0 aliphatic carbocycles. The van der Waals surface area contributed by atoms with E-state index < -0.39 is 6.04 Å². The Bertz CT molecular complexity index is 1470. The molecule has 0 saturated carbocycles. The first-order valence-electron chi connectivity index (χ1n) is 11.7. The first kappa shape index (κ1) is 24.3. The zero-order valence-corrected chi connectivity index (χ0v) is 21.3. The van der Waals surface area contributed by atoms with Gasteiger partial charge in [-0.2, -0.15) is 4.98 Å². The molecule has 1 amide bonds. The molecule has 2 aromatic carbocycles. The molecular formula is C27H25ClN6O3. The number of hydrogen-bond donors (Lipinski definition) is 2. The van der Waals surface area contributed by atoms with Crippen LogP contribution in [0.1, 0.15) is 25.5 Å². The lowest BCUT2D eigenvalue weighted by molar-refractivity contribution is -0.113. The fraction of sp³-hybridized carbons (Fsp3) is 0.185. The number of fused-ring (bicyclic) bond motifs is 1. The highest BCUT2D eigenvalue weighted by Crippen LogP contribution is 2.40. The Kier molecular flexibility index (Phi) is 6.78. The van der Waals surface area contributed by atoms with E-state index in [2.05, 4.69) is 15.6 Å². The number of ether oxygens (including phenoxy) is 2. The number of pyridine rings is 1. The summed E-state index contributed by atoms with van der Waals surface area (Å²) in [5, 5.41) is 11.6. The highest BCUT2D eigenvalue weighted by Gasteiger charge is 2.35. The van der Waals surface area contributed by atoms with Crippen molar-refractivity contribution in [3.05, 3.63) is 88.7 Å². The van der Waals surface area contributed by atoms with Crippen molar-refractivity contribution in [3.63, 3.8) is 0 Å². The number of allylic oxidation sites excluding steroid dienone is 1. The van der Waals surface area contributed by atoms with Gasteiger partial charge < -0.3 is 20.1 Å². The minimum absolute atomic E-state index is 0.309. The van der Waals surface area contributed by atoms with Gasteiger partial charge in [-0.3, -0.25) is 4.79 Å². The van der Waals surface area contributed by atoms with Crippen LogP contribution in [-0.4, -0.2) is 39.4 Å². The molecular weight excluding hydrogens is 492 g/mol. The van der Waals surface area contributed by atoms with Gasteiger partial charge in [0.05, 0.1) is 19.3 Å². The number of halogens is 1. The molecule has 1 aliphatic rings. The van der Waals surface area contributed by atoms with Gasteiger partial charge in [-0.1, -0.05) is 23.7 Å². The largest absolute Gasteiger partial charge is 0.493 e. The highest BCUT2D eigenvalue weighted by molar-refractivity contribution is 6.30. The predicted molar refractivity (Wildman–Crippen MR) is 142 cm³/mol. The van der Waals surface area contributed by atoms with Gasteiger partial charge in [0.25, 0.3) is 5.91 Å². The van der Waals surface area contributed by atoms with Gasteiger partial charge in [-0.05, 0) is 67.9 Å². The summed E-state index contributed by atoms with van der Waals surface area (Å²) in [5.41, 5.74) is 2.69. The van der Waals surface area contributed by atoms with Crippen LogP contribution in [-0.2, 0) is 4.79 Å². The molecule has 0 radical (unpaired) electrons. The Morgan fingerprint density at radius 3 is 2.65 bits per heavy atom. The maximum Gasteiger partial charge on any atom is 0.257 e. The number of carbonyl (C=O) groups excluding carboxylic acids is 1. The lowest BCUT2D eigenvalue weighted by Crippen LogP contribution is -2.31. The second-order valence-electron chi connectivity index (χ2n) is 8.29. The van der Waals surface area contributed by atoms with Crippen LogP contribution in [0.4, 0.5) is 11.8 Å². The quantitative estimate of drug-likeness (QED) is 0.342. The lowest BCUT2D eigenvalue weighted by atomic mass is 9.94. The first-order chi connectivity index (χ1) is 18.0. The number of nitrogens with one attached hydrogen (secondary N) is 2. The first-order valence-corrected chi connectivity index (χ1v) is 12.1. The number of anilines is 2. The molecule has 9 nitrogen and oxygen atoms in total. The summed E-state index contributed by atoms with van der Waals surface area (Å²) in [6.45, 7) is 4.25. The topological polar surface area (TPSA) is 103 Å². The van der Waals surface area contributed by atoms with Crippen LogP contribution in [0, 0.1) is 0 Å². The van der Waals surface area contributed by atoms with Crippen LogP contribution in [0.3, 0.4) is 0 Å². The Balaban J connectivity index is 1.62. The standard InChI is InChI=1S/C27H25ClN6O3/c1-4-37-20-13-10-18(15-21(20)36-3)24-23(26(35)31-22-7-5-6-14-29-22)16(2)30-27-32-25(33-34(24)27)17-8-11-19(28)12-9-17/h5-15,24H,4H2,1-3H3,(H,29,31,35)(H,30,32,33). The summed E-state index contributed by atoms with van der Waals surface area (Å²) in [6, 6.07) is 17.6. The van der Waals surface area contributed by atoms with E-state index in [1.807, 2.05) is 50.2 Å². The summed E-state index contributed by atoms with van der Waals surface area (Å²) in [6.07, 6.45) is 1.62. The van der Waals surface area contributed by atoms with E-state index in [4.69, 9.17) is 31.2 Å². The van der Waals surface area contributed by atoms with Crippen molar-refractivity contribution in [3.8, 4) is 22.9 Å². The van der Waals surface area contributed by atoms with Gasteiger partial charge >= 0.3 is 0 Å². The summed E-state index contributed by atoms with van der Waals surface area (Å²) in [5.74, 6) is 2.32. The molecule has 1 unspecified atom stereocenters. The van der Waals surface area contributed by atoms with Gasteiger partial charge in [0.15, 0.2) is 17.3 Å². The molecule has 0 bridgehead atoms.